The molecule has 1 aromatic rings. The summed E-state index contributed by atoms with van der Waals surface area (Å²) in [4.78, 5) is 6.36. The molecule has 5 heteroatoms. The number of nitrogens with two attached hydrogens (primary N) is 1. The van der Waals surface area contributed by atoms with Crippen LogP contribution in [0.2, 0.25) is 0 Å². The maximum Gasteiger partial charge on any atom is 0.191 e. The molecule has 0 spiro atoms. The average Bonchev–Trinajstić information content (AvgIpc) is 2.88. The van der Waals surface area contributed by atoms with Crippen LogP contribution in [0.5, 0.6) is 0 Å². The van der Waals surface area contributed by atoms with Crippen LogP contribution in [0.25, 0.3) is 0 Å². The second-order valence-electron chi connectivity index (χ2n) is 4.58. The summed E-state index contributed by atoms with van der Waals surface area (Å²) in [5.74, 6) is 1.81. The van der Waals surface area contributed by atoms with E-state index in [0.29, 0.717) is 18.4 Å². The van der Waals surface area contributed by atoms with Gasteiger partial charge in [-0.25, -0.2) is 4.99 Å². The van der Waals surface area contributed by atoms with Crippen LogP contribution in [0.1, 0.15) is 57.9 Å². The van der Waals surface area contributed by atoms with Crippen molar-refractivity contribution in [3.05, 3.63) is 17.5 Å². The second-order valence-corrected chi connectivity index (χ2v) is 4.58. The Labute approximate surface area is 115 Å². The number of aromatic nitrogens is 1. The molecule has 0 aromatic carbocycles. The average molecular weight is 266 g/mol. The van der Waals surface area contributed by atoms with E-state index in [0.717, 1.165) is 37.4 Å². The Hall–Kier alpha value is -1.52. The summed E-state index contributed by atoms with van der Waals surface area (Å²) in [5, 5.41) is 4.12. The third-order valence-electron chi connectivity index (χ3n) is 3.47. The van der Waals surface area contributed by atoms with E-state index in [1.165, 1.54) is 0 Å². The van der Waals surface area contributed by atoms with Crippen LogP contribution in [0.4, 0.5) is 0 Å². The first-order chi connectivity index (χ1) is 9.15. The van der Waals surface area contributed by atoms with E-state index in [2.05, 4.69) is 37.8 Å². The highest BCUT2D eigenvalue weighted by atomic mass is 16.5. The molecule has 0 radical (unpaired) electrons. The van der Waals surface area contributed by atoms with Crippen molar-refractivity contribution >= 4 is 5.96 Å². The maximum absolute atomic E-state index is 5.92. The molecule has 1 heterocycles. The first-order valence-electron chi connectivity index (χ1n) is 7.16. The van der Waals surface area contributed by atoms with Gasteiger partial charge in [0, 0.05) is 25.1 Å². The van der Waals surface area contributed by atoms with Crippen LogP contribution < -0.4 is 5.73 Å². The van der Waals surface area contributed by atoms with Crippen molar-refractivity contribution < 1.29 is 4.52 Å². The molecule has 0 aliphatic heterocycles. The summed E-state index contributed by atoms with van der Waals surface area (Å²) in [6.45, 7) is 10.6. The zero-order chi connectivity index (χ0) is 14.3. The van der Waals surface area contributed by atoms with E-state index in [-0.39, 0.29) is 0 Å². The lowest BCUT2D eigenvalue weighted by molar-refractivity contribution is 0.371. The Balaban J connectivity index is 2.66. The maximum atomic E-state index is 5.92. The normalized spacial score (nSPS) is 12.2. The molecular weight excluding hydrogens is 240 g/mol. The van der Waals surface area contributed by atoms with E-state index in [9.17, 15) is 0 Å². The zero-order valence-electron chi connectivity index (χ0n) is 12.5. The molecule has 2 N–H and O–H groups in total. The third-order valence-corrected chi connectivity index (χ3v) is 3.47. The molecule has 0 amide bonds. The molecule has 0 fully saturated rings. The molecule has 0 saturated heterocycles. The van der Waals surface area contributed by atoms with Crippen molar-refractivity contribution in [2.75, 3.05) is 13.1 Å². The number of hydrogen-bond donors (Lipinski definition) is 1. The topological polar surface area (TPSA) is 67.7 Å². The third kappa shape index (κ3) is 4.26. The van der Waals surface area contributed by atoms with Crippen molar-refractivity contribution in [3.8, 4) is 0 Å². The first-order valence-corrected chi connectivity index (χ1v) is 7.16. The minimum atomic E-state index is 0.454. The van der Waals surface area contributed by atoms with Crippen LogP contribution >= 0.6 is 0 Å². The molecule has 0 aliphatic carbocycles. The van der Waals surface area contributed by atoms with Gasteiger partial charge in [-0.15, -0.1) is 0 Å². The van der Waals surface area contributed by atoms with Gasteiger partial charge >= 0.3 is 0 Å². The number of hydrogen-bond acceptors (Lipinski definition) is 3. The van der Waals surface area contributed by atoms with Gasteiger partial charge in [0.1, 0.15) is 6.54 Å². The fourth-order valence-electron chi connectivity index (χ4n) is 2.11. The molecule has 0 aliphatic rings. The SMILES string of the molecule is CCC(CC)c1cc(CN=C(N)N(CC)CC)on1. The largest absolute Gasteiger partial charge is 0.370 e. The van der Waals surface area contributed by atoms with Crippen LogP contribution in [0.15, 0.2) is 15.6 Å². The van der Waals surface area contributed by atoms with Crippen molar-refractivity contribution in [2.45, 2.75) is 53.0 Å². The van der Waals surface area contributed by atoms with Gasteiger partial charge in [-0.2, -0.15) is 0 Å². The highest BCUT2D eigenvalue weighted by molar-refractivity contribution is 5.77. The van der Waals surface area contributed by atoms with Gasteiger partial charge in [-0.05, 0) is 26.7 Å². The second kappa shape index (κ2) is 7.81. The summed E-state index contributed by atoms with van der Waals surface area (Å²) in [6.07, 6.45) is 2.15. The van der Waals surface area contributed by atoms with E-state index in [1.807, 2.05) is 11.0 Å². The number of guanidine groups is 1. The predicted molar refractivity (Wildman–Crippen MR) is 78.1 cm³/mol. The molecule has 0 bridgehead atoms. The standard InChI is InChI=1S/C14H26N4O/c1-5-11(6-2)13-9-12(19-17-13)10-16-14(15)18(7-3)8-4/h9,11H,5-8,10H2,1-4H3,(H2,15,16). The Bertz CT molecular complexity index is 392. The monoisotopic (exact) mass is 266 g/mol. The van der Waals surface area contributed by atoms with Crippen molar-refractivity contribution in [3.63, 3.8) is 0 Å². The summed E-state index contributed by atoms with van der Waals surface area (Å²) in [6, 6.07) is 2.00. The van der Waals surface area contributed by atoms with Crippen LogP contribution in [0.3, 0.4) is 0 Å². The fraction of sp³-hybridized carbons (Fsp3) is 0.714. The van der Waals surface area contributed by atoms with E-state index in [1.54, 1.807) is 0 Å². The van der Waals surface area contributed by atoms with Gasteiger partial charge in [-0.1, -0.05) is 19.0 Å². The Morgan fingerprint density at radius 1 is 1.32 bits per heavy atom. The summed E-state index contributed by atoms with van der Waals surface area (Å²) >= 11 is 0. The van der Waals surface area contributed by atoms with E-state index in [4.69, 9.17) is 10.3 Å². The summed E-state index contributed by atoms with van der Waals surface area (Å²) < 4.78 is 5.32. The van der Waals surface area contributed by atoms with Crippen molar-refractivity contribution in [1.29, 1.82) is 0 Å². The summed E-state index contributed by atoms with van der Waals surface area (Å²) in [7, 11) is 0. The molecular formula is C14H26N4O. The van der Waals surface area contributed by atoms with Gasteiger partial charge in [-0.3, -0.25) is 0 Å². The van der Waals surface area contributed by atoms with Gasteiger partial charge in [0.15, 0.2) is 11.7 Å². The Kier molecular flexibility index (Phi) is 6.39. The van der Waals surface area contributed by atoms with Gasteiger partial charge in [0.25, 0.3) is 0 Å². The van der Waals surface area contributed by atoms with E-state index >= 15 is 0 Å². The zero-order valence-corrected chi connectivity index (χ0v) is 12.5. The van der Waals surface area contributed by atoms with Gasteiger partial charge < -0.3 is 15.2 Å². The minimum Gasteiger partial charge on any atom is -0.370 e. The van der Waals surface area contributed by atoms with E-state index < -0.39 is 0 Å². The fourth-order valence-corrected chi connectivity index (χ4v) is 2.11. The molecule has 0 unspecified atom stereocenters. The van der Waals surface area contributed by atoms with Crippen LogP contribution in [-0.4, -0.2) is 29.1 Å². The van der Waals surface area contributed by atoms with Crippen molar-refractivity contribution in [1.82, 2.24) is 10.1 Å². The quantitative estimate of drug-likeness (QED) is 0.608. The lowest BCUT2D eigenvalue weighted by Crippen LogP contribution is -2.36. The molecule has 0 saturated carbocycles. The Morgan fingerprint density at radius 2 is 1.95 bits per heavy atom. The lowest BCUT2D eigenvalue weighted by Gasteiger charge is -2.18. The number of nitrogens with zero attached hydrogens (tertiary/aromatic N) is 3. The molecule has 108 valence electrons. The van der Waals surface area contributed by atoms with Crippen molar-refractivity contribution in [2.24, 2.45) is 10.7 Å². The van der Waals surface area contributed by atoms with Gasteiger partial charge in [0.05, 0.1) is 5.69 Å². The highest BCUT2D eigenvalue weighted by Crippen LogP contribution is 2.22. The number of rotatable bonds is 7. The lowest BCUT2D eigenvalue weighted by atomic mass is 9.99. The molecule has 19 heavy (non-hydrogen) atoms. The molecule has 0 atom stereocenters. The van der Waals surface area contributed by atoms with Crippen LogP contribution in [-0.2, 0) is 6.54 Å². The minimum absolute atomic E-state index is 0.454. The Morgan fingerprint density at radius 3 is 2.47 bits per heavy atom. The molecule has 5 nitrogen and oxygen atoms in total. The highest BCUT2D eigenvalue weighted by Gasteiger charge is 2.12. The molecule has 1 rings (SSSR count). The summed E-state index contributed by atoms with van der Waals surface area (Å²) in [5.41, 5.74) is 6.94. The van der Waals surface area contributed by atoms with Gasteiger partial charge in [0.2, 0.25) is 0 Å². The smallest absolute Gasteiger partial charge is 0.191 e. The van der Waals surface area contributed by atoms with Crippen LogP contribution in [0, 0.1) is 0 Å². The first kappa shape index (κ1) is 15.5. The number of aliphatic imine (C=N–C) groups is 1. The predicted octanol–water partition coefficient (Wildman–Crippen LogP) is 2.73. The molecule has 1 aromatic heterocycles.